The van der Waals surface area contributed by atoms with Gasteiger partial charge in [0.1, 0.15) is 12.3 Å². The molecule has 0 saturated carbocycles. The third kappa shape index (κ3) is 7.04. The maximum absolute atomic E-state index is 12.7. The fourth-order valence-corrected chi connectivity index (χ4v) is 4.89. The second kappa shape index (κ2) is 12.7. The Kier molecular flexibility index (Phi) is 9.13. The number of likely N-dealkylation sites (tertiary alicyclic amines) is 1. The summed E-state index contributed by atoms with van der Waals surface area (Å²) in [6.45, 7) is 3.25. The van der Waals surface area contributed by atoms with E-state index in [2.05, 4.69) is 15.3 Å². The van der Waals surface area contributed by atoms with E-state index in [0.717, 1.165) is 28.8 Å². The fourth-order valence-electron chi connectivity index (χ4n) is 3.92. The number of carbonyl (C=O) groups excluding carboxylic acids is 2. The van der Waals surface area contributed by atoms with Crippen molar-refractivity contribution in [1.29, 1.82) is 0 Å². The van der Waals surface area contributed by atoms with Crippen molar-refractivity contribution in [2.45, 2.75) is 18.8 Å². The van der Waals surface area contributed by atoms with E-state index in [0.29, 0.717) is 50.9 Å². The number of ether oxygens (including phenoxy) is 3. The van der Waals surface area contributed by atoms with Crippen molar-refractivity contribution in [3.63, 3.8) is 0 Å². The van der Waals surface area contributed by atoms with Gasteiger partial charge in [0, 0.05) is 48.8 Å². The van der Waals surface area contributed by atoms with Crippen molar-refractivity contribution < 1.29 is 23.8 Å². The summed E-state index contributed by atoms with van der Waals surface area (Å²) in [5.74, 6) is 0.00396. The van der Waals surface area contributed by atoms with Crippen LogP contribution >= 0.6 is 11.3 Å². The molecular weight excluding hydrogens is 468 g/mol. The van der Waals surface area contributed by atoms with Gasteiger partial charge < -0.3 is 24.4 Å². The summed E-state index contributed by atoms with van der Waals surface area (Å²) in [6.07, 6.45) is 3.38. The molecular formula is C25H30N4O5S. The van der Waals surface area contributed by atoms with E-state index in [1.807, 2.05) is 35.2 Å². The zero-order chi connectivity index (χ0) is 24.5. The molecule has 3 aromatic rings. The number of pyridine rings is 1. The molecule has 0 unspecified atom stereocenters. The van der Waals surface area contributed by atoms with Crippen molar-refractivity contribution in [3.05, 3.63) is 52.6 Å². The standard InChI is InChI=1S/C25H30N4O5S/c1-32-11-12-33-13-14-34-16-23(30)29-9-6-18(7-10-29)25-28-22(17-35-25)24(31)27-20-4-5-21-19(15-20)3-2-8-26-21/h2-5,8,15,17-18H,6-7,9-14,16H2,1H3,(H,27,31). The highest BCUT2D eigenvalue weighted by atomic mass is 32.1. The number of benzene rings is 1. The minimum atomic E-state index is -0.230. The lowest BCUT2D eigenvalue weighted by atomic mass is 9.97. The van der Waals surface area contributed by atoms with Crippen LogP contribution in [-0.4, -0.2) is 79.9 Å². The Morgan fingerprint density at radius 3 is 2.74 bits per heavy atom. The molecule has 186 valence electrons. The van der Waals surface area contributed by atoms with Crippen LogP contribution < -0.4 is 5.32 Å². The molecule has 35 heavy (non-hydrogen) atoms. The minimum Gasteiger partial charge on any atom is -0.382 e. The van der Waals surface area contributed by atoms with Crippen LogP contribution in [0.1, 0.15) is 34.3 Å². The molecule has 0 atom stereocenters. The lowest BCUT2D eigenvalue weighted by Crippen LogP contribution is -2.40. The highest BCUT2D eigenvalue weighted by molar-refractivity contribution is 7.10. The van der Waals surface area contributed by atoms with Crippen LogP contribution in [0.2, 0.25) is 0 Å². The number of nitrogens with one attached hydrogen (secondary N) is 1. The number of carbonyl (C=O) groups is 2. The van der Waals surface area contributed by atoms with Crippen LogP contribution in [0.25, 0.3) is 10.9 Å². The van der Waals surface area contributed by atoms with Crippen LogP contribution in [0, 0.1) is 0 Å². The molecule has 10 heteroatoms. The van der Waals surface area contributed by atoms with Crippen molar-refractivity contribution in [2.24, 2.45) is 0 Å². The van der Waals surface area contributed by atoms with Gasteiger partial charge in [0.25, 0.3) is 5.91 Å². The van der Waals surface area contributed by atoms with Gasteiger partial charge >= 0.3 is 0 Å². The summed E-state index contributed by atoms with van der Waals surface area (Å²) in [4.78, 5) is 35.8. The Bertz CT molecular complexity index is 1130. The van der Waals surface area contributed by atoms with Gasteiger partial charge in [0.05, 0.1) is 37.0 Å². The molecule has 1 saturated heterocycles. The van der Waals surface area contributed by atoms with Crippen LogP contribution in [-0.2, 0) is 19.0 Å². The number of anilines is 1. The lowest BCUT2D eigenvalue weighted by Gasteiger charge is -2.31. The number of methoxy groups -OCH3 is 1. The SMILES string of the molecule is COCCOCCOCC(=O)N1CCC(c2nc(C(=O)Nc3ccc4ncccc4c3)cs2)CC1. The van der Waals surface area contributed by atoms with Crippen LogP contribution in [0.15, 0.2) is 41.9 Å². The maximum Gasteiger partial charge on any atom is 0.275 e. The molecule has 1 aromatic carbocycles. The molecule has 0 radical (unpaired) electrons. The van der Waals surface area contributed by atoms with E-state index < -0.39 is 0 Å². The quantitative estimate of drug-likeness (QED) is 0.405. The number of hydrogen-bond acceptors (Lipinski definition) is 8. The van der Waals surface area contributed by atoms with Gasteiger partial charge in [0.15, 0.2) is 0 Å². The zero-order valence-corrected chi connectivity index (χ0v) is 20.6. The third-order valence-corrected chi connectivity index (χ3v) is 6.85. The number of fused-ring (bicyclic) bond motifs is 1. The van der Waals surface area contributed by atoms with Crippen molar-refractivity contribution >= 4 is 39.7 Å². The number of rotatable bonds is 11. The Balaban J connectivity index is 1.21. The largest absolute Gasteiger partial charge is 0.382 e. The van der Waals surface area contributed by atoms with Crippen molar-refractivity contribution in [1.82, 2.24) is 14.9 Å². The van der Waals surface area contributed by atoms with Gasteiger partial charge in [-0.15, -0.1) is 11.3 Å². The van der Waals surface area contributed by atoms with Crippen LogP contribution in [0.5, 0.6) is 0 Å². The van der Waals surface area contributed by atoms with Gasteiger partial charge in [-0.2, -0.15) is 0 Å². The number of hydrogen-bond donors (Lipinski definition) is 1. The topological polar surface area (TPSA) is 103 Å². The van der Waals surface area contributed by atoms with E-state index in [1.165, 1.54) is 11.3 Å². The second-order valence-electron chi connectivity index (χ2n) is 8.25. The lowest BCUT2D eigenvalue weighted by molar-refractivity contribution is -0.137. The van der Waals surface area contributed by atoms with Gasteiger partial charge in [-0.1, -0.05) is 6.07 Å². The Morgan fingerprint density at radius 1 is 1.11 bits per heavy atom. The molecule has 0 aliphatic carbocycles. The molecule has 1 aliphatic heterocycles. The first-order valence-corrected chi connectivity index (χ1v) is 12.6. The van der Waals surface area contributed by atoms with Crippen molar-refractivity contribution in [3.8, 4) is 0 Å². The van der Waals surface area contributed by atoms with E-state index in [1.54, 1.807) is 18.7 Å². The molecule has 2 aromatic heterocycles. The fraction of sp³-hybridized carbons (Fsp3) is 0.440. The predicted octanol–water partition coefficient (Wildman–Crippen LogP) is 3.33. The Labute approximate surface area is 208 Å². The molecule has 1 N–H and O–H groups in total. The first-order valence-electron chi connectivity index (χ1n) is 11.7. The average molecular weight is 499 g/mol. The summed E-state index contributed by atoms with van der Waals surface area (Å²) in [6, 6.07) is 9.45. The van der Waals surface area contributed by atoms with Gasteiger partial charge in [-0.25, -0.2) is 4.98 Å². The second-order valence-corrected chi connectivity index (χ2v) is 9.14. The monoisotopic (exact) mass is 498 g/mol. The molecule has 4 rings (SSSR count). The minimum absolute atomic E-state index is 0.00914. The van der Waals surface area contributed by atoms with E-state index in [4.69, 9.17) is 14.2 Å². The number of aromatic nitrogens is 2. The highest BCUT2D eigenvalue weighted by Gasteiger charge is 2.26. The molecule has 9 nitrogen and oxygen atoms in total. The highest BCUT2D eigenvalue weighted by Crippen LogP contribution is 2.30. The van der Waals surface area contributed by atoms with E-state index in [9.17, 15) is 9.59 Å². The maximum atomic E-state index is 12.7. The summed E-state index contributed by atoms with van der Waals surface area (Å²) < 4.78 is 15.7. The normalized spacial score (nSPS) is 14.4. The summed E-state index contributed by atoms with van der Waals surface area (Å²) >= 11 is 1.50. The Morgan fingerprint density at radius 2 is 1.91 bits per heavy atom. The van der Waals surface area contributed by atoms with Crippen LogP contribution in [0.3, 0.4) is 0 Å². The predicted molar refractivity (Wildman–Crippen MR) is 134 cm³/mol. The average Bonchev–Trinajstić information content (AvgIpc) is 3.39. The summed E-state index contributed by atoms with van der Waals surface area (Å²) in [5, 5.41) is 6.63. The zero-order valence-electron chi connectivity index (χ0n) is 19.8. The molecule has 3 heterocycles. The first kappa shape index (κ1) is 25.2. The Hall–Kier alpha value is -2.92. The summed E-state index contributed by atoms with van der Waals surface area (Å²) in [7, 11) is 1.62. The molecule has 2 amide bonds. The van der Waals surface area contributed by atoms with Gasteiger partial charge in [-0.3, -0.25) is 14.6 Å². The van der Waals surface area contributed by atoms with Gasteiger partial charge in [0.2, 0.25) is 5.91 Å². The molecule has 1 fully saturated rings. The number of thiazole rings is 1. The van der Waals surface area contributed by atoms with Gasteiger partial charge in [-0.05, 0) is 37.1 Å². The number of amides is 2. The first-order chi connectivity index (χ1) is 17.1. The van der Waals surface area contributed by atoms with E-state index >= 15 is 0 Å². The molecule has 1 aliphatic rings. The summed E-state index contributed by atoms with van der Waals surface area (Å²) in [5.41, 5.74) is 2.00. The molecule has 0 spiro atoms. The third-order valence-electron chi connectivity index (χ3n) is 5.84. The number of nitrogens with zero attached hydrogens (tertiary/aromatic N) is 3. The smallest absolute Gasteiger partial charge is 0.275 e. The van der Waals surface area contributed by atoms with E-state index in [-0.39, 0.29) is 24.3 Å². The van der Waals surface area contributed by atoms with Crippen molar-refractivity contribution in [2.75, 3.05) is 58.6 Å². The molecule has 0 bridgehead atoms. The van der Waals surface area contributed by atoms with Crippen LogP contribution in [0.4, 0.5) is 5.69 Å². The number of piperidine rings is 1.